The van der Waals surface area contributed by atoms with E-state index in [1.165, 1.54) is 19.4 Å². The monoisotopic (exact) mass is 186 g/mol. The minimum absolute atomic E-state index is 0.534. The zero-order valence-electron chi connectivity index (χ0n) is 8.14. The average molecular weight is 186 g/mol. The number of hydrogen-bond acceptors (Lipinski definition) is 2. The van der Waals surface area contributed by atoms with Crippen LogP contribution in [-0.4, -0.2) is 43.3 Å². The Hall–Kier alpha value is -0.150. The van der Waals surface area contributed by atoms with Crippen molar-refractivity contribution < 1.29 is 4.39 Å². The van der Waals surface area contributed by atoms with E-state index < -0.39 is 6.17 Å². The first-order chi connectivity index (χ1) is 6.34. The number of alkyl halides is 1. The minimum atomic E-state index is -0.534. The van der Waals surface area contributed by atoms with Crippen molar-refractivity contribution in [2.24, 2.45) is 0 Å². The van der Waals surface area contributed by atoms with Crippen molar-refractivity contribution in [2.45, 2.75) is 37.9 Å². The maximum absolute atomic E-state index is 12.8. The third kappa shape index (κ3) is 2.64. The summed E-state index contributed by atoms with van der Waals surface area (Å²) in [5.74, 6) is 0. The summed E-state index contributed by atoms with van der Waals surface area (Å²) in [6, 6.07) is 0.677. The van der Waals surface area contributed by atoms with Gasteiger partial charge in [0.1, 0.15) is 6.17 Å². The van der Waals surface area contributed by atoms with Crippen LogP contribution in [0.2, 0.25) is 0 Å². The standard InChI is InChI=1S/C10H19FN2/c11-9-3-6-13(7-4-9)8-10-2-1-5-12-10/h9-10,12H,1-8H2/t10-/m1/s1. The lowest BCUT2D eigenvalue weighted by atomic mass is 10.1. The maximum Gasteiger partial charge on any atom is 0.103 e. The first kappa shape index (κ1) is 9.41. The van der Waals surface area contributed by atoms with Crippen molar-refractivity contribution in [3.8, 4) is 0 Å². The van der Waals surface area contributed by atoms with Gasteiger partial charge in [0.2, 0.25) is 0 Å². The second-order valence-corrected chi connectivity index (χ2v) is 4.27. The molecule has 0 aromatic heterocycles. The zero-order valence-corrected chi connectivity index (χ0v) is 8.14. The number of nitrogens with one attached hydrogen (secondary N) is 1. The largest absolute Gasteiger partial charge is 0.313 e. The van der Waals surface area contributed by atoms with Crippen LogP contribution >= 0.6 is 0 Å². The number of likely N-dealkylation sites (tertiary alicyclic amines) is 1. The molecule has 2 saturated heterocycles. The summed E-state index contributed by atoms with van der Waals surface area (Å²) in [4.78, 5) is 2.40. The van der Waals surface area contributed by atoms with Crippen molar-refractivity contribution in [1.82, 2.24) is 10.2 Å². The first-order valence-corrected chi connectivity index (χ1v) is 5.44. The van der Waals surface area contributed by atoms with Crippen molar-refractivity contribution in [3.05, 3.63) is 0 Å². The van der Waals surface area contributed by atoms with Gasteiger partial charge < -0.3 is 10.2 Å². The molecule has 2 aliphatic heterocycles. The average Bonchev–Trinajstić information content (AvgIpc) is 2.62. The van der Waals surface area contributed by atoms with E-state index in [0.717, 1.165) is 32.5 Å². The van der Waals surface area contributed by atoms with Crippen molar-refractivity contribution >= 4 is 0 Å². The van der Waals surface area contributed by atoms with E-state index in [1.54, 1.807) is 0 Å². The van der Waals surface area contributed by atoms with Gasteiger partial charge in [-0.25, -0.2) is 4.39 Å². The van der Waals surface area contributed by atoms with Gasteiger partial charge in [-0.15, -0.1) is 0 Å². The Balaban J connectivity index is 1.69. The highest BCUT2D eigenvalue weighted by atomic mass is 19.1. The summed E-state index contributed by atoms with van der Waals surface area (Å²) in [5.41, 5.74) is 0. The number of hydrogen-bond donors (Lipinski definition) is 1. The number of rotatable bonds is 2. The molecule has 0 saturated carbocycles. The maximum atomic E-state index is 12.8. The Kier molecular flexibility index (Phi) is 3.17. The molecular formula is C10H19FN2. The first-order valence-electron chi connectivity index (χ1n) is 5.44. The highest BCUT2D eigenvalue weighted by Gasteiger charge is 2.22. The molecule has 0 aromatic rings. The number of nitrogens with zero attached hydrogens (tertiary/aromatic N) is 1. The molecule has 0 bridgehead atoms. The van der Waals surface area contributed by atoms with Crippen LogP contribution in [0.15, 0.2) is 0 Å². The Morgan fingerprint density at radius 3 is 2.62 bits per heavy atom. The normalized spacial score (nSPS) is 32.5. The van der Waals surface area contributed by atoms with E-state index in [0.29, 0.717) is 6.04 Å². The zero-order chi connectivity index (χ0) is 9.10. The molecule has 2 aliphatic rings. The molecule has 1 N–H and O–H groups in total. The highest BCUT2D eigenvalue weighted by molar-refractivity contribution is 4.80. The number of halogens is 1. The lowest BCUT2D eigenvalue weighted by Crippen LogP contribution is -2.42. The third-order valence-electron chi connectivity index (χ3n) is 3.16. The summed E-state index contributed by atoms with van der Waals surface area (Å²) in [6.07, 6.45) is 3.56. The molecule has 0 aromatic carbocycles. The molecule has 2 heterocycles. The Morgan fingerprint density at radius 1 is 1.23 bits per heavy atom. The molecule has 3 heteroatoms. The van der Waals surface area contributed by atoms with Crippen molar-refractivity contribution in [3.63, 3.8) is 0 Å². The minimum Gasteiger partial charge on any atom is -0.313 e. The fourth-order valence-electron chi connectivity index (χ4n) is 2.31. The fourth-order valence-corrected chi connectivity index (χ4v) is 2.31. The molecule has 2 rings (SSSR count). The van der Waals surface area contributed by atoms with Crippen molar-refractivity contribution in [1.29, 1.82) is 0 Å². The lowest BCUT2D eigenvalue weighted by molar-refractivity contribution is 0.142. The van der Waals surface area contributed by atoms with Gasteiger partial charge in [0.05, 0.1) is 0 Å². The van der Waals surface area contributed by atoms with E-state index in [1.807, 2.05) is 0 Å². The van der Waals surface area contributed by atoms with Crippen molar-refractivity contribution in [2.75, 3.05) is 26.2 Å². The molecule has 2 fully saturated rings. The van der Waals surface area contributed by atoms with Crippen LogP contribution in [0.1, 0.15) is 25.7 Å². The molecule has 0 unspecified atom stereocenters. The molecular weight excluding hydrogens is 167 g/mol. The van der Waals surface area contributed by atoms with Crippen LogP contribution in [-0.2, 0) is 0 Å². The van der Waals surface area contributed by atoms with Crippen LogP contribution in [0.4, 0.5) is 4.39 Å². The molecule has 0 radical (unpaired) electrons. The predicted molar refractivity (Wildman–Crippen MR) is 51.6 cm³/mol. The van der Waals surface area contributed by atoms with Crippen LogP contribution in [0.25, 0.3) is 0 Å². The SMILES string of the molecule is FC1CCN(C[C@H]2CCCN2)CC1. The number of piperidine rings is 1. The topological polar surface area (TPSA) is 15.3 Å². The Morgan fingerprint density at radius 2 is 2.00 bits per heavy atom. The molecule has 76 valence electrons. The van der Waals surface area contributed by atoms with E-state index in [2.05, 4.69) is 10.2 Å². The molecule has 1 atom stereocenters. The van der Waals surface area contributed by atoms with Gasteiger partial charge >= 0.3 is 0 Å². The van der Waals surface area contributed by atoms with Crippen LogP contribution in [0.3, 0.4) is 0 Å². The molecule has 0 spiro atoms. The van der Waals surface area contributed by atoms with Gasteiger partial charge in [-0.05, 0) is 32.2 Å². The van der Waals surface area contributed by atoms with Crippen LogP contribution in [0.5, 0.6) is 0 Å². The van der Waals surface area contributed by atoms with Gasteiger partial charge in [-0.3, -0.25) is 0 Å². The van der Waals surface area contributed by atoms with Gasteiger partial charge in [-0.2, -0.15) is 0 Å². The van der Waals surface area contributed by atoms with E-state index >= 15 is 0 Å². The van der Waals surface area contributed by atoms with Gasteiger partial charge in [-0.1, -0.05) is 0 Å². The summed E-state index contributed by atoms with van der Waals surface area (Å²) >= 11 is 0. The smallest absolute Gasteiger partial charge is 0.103 e. The van der Waals surface area contributed by atoms with Gasteiger partial charge in [0, 0.05) is 25.7 Å². The van der Waals surface area contributed by atoms with Crippen LogP contribution < -0.4 is 5.32 Å². The second-order valence-electron chi connectivity index (χ2n) is 4.27. The van der Waals surface area contributed by atoms with E-state index in [-0.39, 0.29) is 0 Å². The summed E-state index contributed by atoms with van der Waals surface area (Å²) in [7, 11) is 0. The van der Waals surface area contributed by atoms with Gasteiger partial charge in [0.15, 0.2) is 0 Å². The van der Waals surface area contributed by atoms with E-state index in [4.69, 9.17) is 0 Å². The summed E-state index contributed by atoms with van der Waals surface area (Å²) in [5, 5.41) is 3.48. The highest BCUT2D eigenvalue weighted by Crippen LogP contribution is 2.15. The Bertz CT molecular complexity index is 149. The molecule has 0 amide bonds. The molecule has 0 aliphatic carbocycles. The van der Waals surface area contributed by atoms with E-state index in [9.17, 15) is 4.39 Å². The molecule has 13 heavy (non-hydrogen) atoms. The summed E-state index contributed by atoms with van der Waals surface area (Å²) < 4.78 is 12.8. The molecule has 2 nitrogen and oxygen atoms in total. The second kappa shape index (κ2) is 4.38. The summed E-state index contributed by atoms with van der Waals surface area (Å²) in [6.45, 7) is 4.22. The Labute approximate surface area is 79.5 Å². The lowest BCUT2D eigenvalue weighted by Gasteiger charge is -2.30. The van der Waals surface area contributed by atoms with Crippen LogP contribution in [0, 0.1) is 0 Å². The predicted octanol–water partition coefficient (Wildman–Crippen LogP) is 1.17. The quantitative estimate of drug-likeness (QED) is 0.696. The fraction of sp³-hybridized carbons (Fsp3) is 1.00. The van der Waals surface area contributed by atoms with Gasteiger partial charge in [0.25, 0.3) is 0 Å². The third-order valence-corrected chi connectivity index (χ3v) is 3.16.